The minimum Gasteiger partial charge on any atom is -0.331 e. The summed E-state index contributed by atoms with van der Waals surface area (Å²) in [7, 11) is 0. The van der Waals surface area contributed by atoms with E-state index < -0.39 is 12.7 Å². The van der Waals surface area contributed by atoms with Crippen molar-refractivity contribution in [2.24, 2.45) is 5.92 Å². The third kappa shape index (κ3) is 5.69. The van der Waals surface area contributed by atoms with Crippen molar-refractivity contribution in [3.8, 4) is 0 Å². The highest BCUT2D eigenvalue weighted by Gasteiger charge is 2.35. The smallest absolute Gasteiger partial charge is 0.331 e. The highest BCUT2D eigenvalue weighted by atomic mass is 19.4. The minimum absolute atomic E-state index is 0.221. The molecule has 0 aliphatic carbocycles. The molecule has 0 radical (unpaired) electrons. The van der Waals surface area contributed by atoms with E-state index in [1.807, 2.05) is 13.8 Å². The van der Waals surface area contributed by atoms with Crippen LogP contribution in [0.5, 0.6) is 0 Å². The van der Waals surface area contributed by atoms with Gasteiger partial charge in [0, 0.05) is 12.5 Å². The normalized spacial score (nSPS) is 19.6. The summed E-state index contributed by atoms with van der Waals surface area (Å²) >= 11 is 0. The van der Waals surface area contributed by atoms with Gasteiger partial charge in [-0.1, -0.05) is 13.8 Å². The van der Waals surface area contributed by atoms with Gasteiger partial charge in [0.25, 0.3) is 0 Å². The van der Waals surface area contributed by atoms with Gasteiger partial charge in [-0.2, -0.15) is 13.2 Å². The Morgan fingerprint density at radius 3 is 2.45 bits per heavy atom. The van der Waals surface area contributed by atoms with Crippen LogP contribution in [0.1, 0.15) is 46.0 Å². The lowest BCUT2D eigenvalue weighted by Gasteiger charge is -2.31. The number of carbonyl (C=O) groups excluding carboxylic acids is 1. The van der Waals surface area contributed by atoms with Gasteiger partial charge in [-0.15, -0.1) is 0 Å². The summed E-state index contributed by atoms with van der Waals surface area (Å²) in [5.74, 6) is 0.0660. The summed E-state index contributed by atoms with van der Waals surface area (Å²) in [6, 6.07) is -0.314. The van der Waals surface area contributed by atoms with E-state index in [1.165, 1.54) is 0 Å². The van der Waals surface area contributed by atoms with Gasteiger partial charge in [0.15, 0.2) is 0 Å². The fraction of sp³-hybridized carbons (Fsp3) is 0.929. The summed E-state index contributed by atoms with van der Waals surface area (Å²) in [5.41, 5.74) is 0. The molecular formula is C14H25F3N2O. The number of hydrogen-bond donors (Lipinski definition) is 1. The van der Waals surface area contributed by atoms with Crippen LogP contribution in [0.15, 0.2) is 0 Å². The van der Waals surface area contributed by atoms with Gasteiger partial charge in [0.1, 0.15) is 6.54 Å². The molecule has 6 heteroatoms. The Morgan fingerprint density at radius 2 is 2.00 bits per heavy atom. The van der Waals surface area contributed by atoms with Crippen LogP contribution in [-0.4, -0.2) is 42.7 Å². The molecule has 3 nitrogen and oxygen atoms in total. The van der Waals surface area contributed by atoms with Crippen molar-refractivity contribution in [1.82, 2.24) is 10.2 Å². The molecule has 1 fully saturated rings. The standard InChI is InChI=1S/C14H25F3N2O/c1-3-12(4-2)19(10-14(15,16)17)13(20)6-5-11-7-8-18-9-11/h11-12,18H,3-10H2,1-2H3. The van der Waals surface area contributed by atoms with Crippen LogP contribution in [0.25, 0.3) is 0 Å². The first-order valence-corrected chi connectivity index (χ1v) is 7.44. The van der Waals surface area contributed by atoms with E-state index in [4.69, 9.17) is 0 Å². The van der Waals surface area contributed by atoms with Crippen LogP contribution >= 0.6 is 0 Å². The second-order valence-corrected chi connectivity index (χ2v) is 5.50. The first-order chi connectivity index (χ1) is 9.37. The van der Waals surface area contributed by atoms with Crippen molar-refractivity contribution in [3.05, 3.63) is 0 Å². The molecule has 0 saturated carbocycles. The third-order valence-electron chi connectivity index (χ3n) is 3.98. The maximum absolute atomic E-state index is 12.6. The number of halogens is 3. The zero-order valence-electron chi connectivity index (χ0n) is 12.3. The van der Waals surface area contributed by atoms with Crippen molar-refractivity contribution in [2.75, 3.05) is 19.6 Å². The molecule has 0 spiro atoms. The molecule has 1 N–H and O–H groups in total. The van der Waals surface area contributed by atoms with Gasteiger partial charge >= 0.3 is 6.18 Å². The lowest BCUT2D eigenvalue weighted by atomic mass is 10.0. The number of amides is 1. The number of hydrogen-bond acceptors (Lipinski definition) is 2. The molecule has 0 aromatic carbocycles. The summed E-state index contributed by atoms with van der Waals surface area (Å²) in [4.78, 5) is 13.2. The first-order valence-electron chi connectivity index (χ1n) is 7.44. The molecule has 1 unspecified atom stereocenters. The zero-order valence-corrected chi connectivity index (χ0v) is 12.3. The van der Waals surface area contributed by atoms with Crippen LogP contribution in [-0.2, 0) is 4.79 Å². The Bertz CT molecular complexity index is 297. The van der Waals surface area contributed by atoms with Gasteiger partial charge in [-0.25, -0.2) is 0 Å². The van der Waals surface area contributed by atoms with Crippen LogP contribution in [0.2, 0.25) is 0 Å². The number of rotatable bonds is 7. The largest absolute Gasteiger partial charge is 0.406 e. The van der Waals surface area contributed by atoms with E-state index >= 15 is 0 Å². The van der Waals surface area contributed by atoms with Crippen LogP contribution in [0.3, 0.4) is 0 Å². The van der Waals surface area contributed by atoms with Crippen molar-refractivity contribution >= 4 is 5.91 Å². The molecule has 1 heterocycles. The van der Waals surface area contributed by atoms with Gasteiger partial charge in [0.2, 0.25) is 5.91 Å². The fourth-order valence-corrected chi connectivity index (χ4v) is 2.78. The molecule has 118 valence electrons. The quantitative estimate of drug-likeness (QED) is 0.783. The number of nitrogens with zero attached hydrogens (tertiary/aromatic N) is 1. The van der Waals surface area contributed by atoms with Crippen LogP contribution < -0.4 is 5.32 Å². The Labute approximate surface area is 118 Å². The predicted molar refractivity (Wildman–Crippen MR) is 72.3 cm³/mol. The predicted octanol–water partition coefficient (Wildman–Crippen LogP) is 2.96. The van der Waals surface area contributed by atoms with Gasteiger partial charge in [-0.05, 0) is 44.7 Å². The maximum Gasteiger partial charge on any atom is 0.406 e. The van der Waals surface area contributed by atoms with Gasteiger partial charge in [-0.3, -0.25) is 4.79 Å². The molecule has 1 atom stereocenters. The van der Waals surface area contributed by atoms with E-state index in [9.17, 15) is 18.0 Å². The van der Waals surface area contributed by atoms with E-state index in [2.05, 4.69) is 5.32 Å². The Kier molecular flexibility index (Phi) is 6.79. The molecule has 0 bridgehead atoms. The second kappa shape index (κ2) is 7.86. The molecule has 1 saturated heterocycles. The average molecular weight is 294 g/mol. The van der Waals surface area contributed by atoms with Gasteiger partial charge in [0.05, 0.1) is 0 Å². The van der Waals surface area contributed by atoms with E-state index in [-0.39, 0.29) is 18.4 Å². The SMILES string of the molecule is CCC(CC)N(CC(F)(F)F)C(=O)CCC1CCNC1. The van der Waals surface area contributed by atoms with Crippen molar-refractivity contribution in [1.29, 1.82) is 0 Å². The highest BCUT2D eigenvalue weighted by Crippen LogP contribution is 2.23. The van der Waals surface area contributed by atoms with Crippen molar-refractivity contribution in [3.63, 3.8) is 0 Å². The summed E-state index contributed by atoms with van der Waals surface area (Å²) in [6.45, 7) is 4.34. The first kappa shape index (κ1) is 17.3. The molecule has 0 aromatic rings. The van der Waals surface area contributed by atoms with Crippen LogP contribution in [0, 0.1) is 5.92 Å². The highest BCUT2D eigenvalue weighted by molar-refractivity contribution is 5.76. The zero-order chi connectivity index (χ0) is 15.2. The van der Waals surface area contributed by atoms with Crippen molar-refractivity contribution < 1.29 is 18.0 Å². The molecule has 1 amide bonds. The summed E-state index contributed by atoms with van der Waals surface area (Å²) < 4.78 is 37.9. The lowest BCUT2D eigenvalue weighted by molar-refractivity contribution is -0.166. The average Bonchev–Trinajstić information content (AvgIpc) is 2.88. The van der Waals surface area contributed by atoms with Gasteiger partial charge < -0.3 is 10.2 Å². The van der Waals surface area contributed by atoms with E-state index in [0.717, 1.165) is 24.4 Å². The Morgan fingerprint density at radius 1 is 1.35 bits per heavy atom. The Balaban J connectivity index is 2.57. The molecular weight excluding hydrogens is 269 g/mol. The number of alkyl halides is 3. The fourth-order valence-electron chi connectivity index (χ4n) is 2.78. The molecule has 1 aliphatic heterocycles. The van der Waals surface area contributed by atoms with Crippen molar-refractivity contribution in [2.45, 2.75) is 58.2 Å². The maximum atomic E-state index is 12.6. The topological polar surface area (TPSA) is 32.3 Å². The number of carbonyl (C=O) groups is 1. The Hall–Kier alpha value is -0.780. The molecule has 1 rings (SSSR count). The van der Waals surface area contributed by atoms with E-state index in [1.54, 1.807) is 0 Å². The molecule has 1 aliphatic rings. The third-order valence-corrected chi connectivity index (χ3v) is 3.98. The second-order valence-electron chi connectivity index (χ2n) is 5.50. The number of nitrogens with one attached hydrogen (secondary N) is 1. The van der Waals surface area contributed by atoms with E-state index in [0.29, 0.717) is 25.2 Å². The minimum atomic E-state index is -4.33. The monoisotopic (exact) mass is 294 g/mol. The van der Waals surface area contributed by atoms with Crippen LogP contribution in [0.4, 0.5) is 13.2 Å². The molecule has 20 heavy (non-hydrogen) atoms. The lowest BCUT2D eigenvalue weighted by Crippen LogP contribution is -2.45. The summed E-state index contributed by atoms with van der Waals surface area (Å²) in [5, 5.41) is 3.20. The molecule has 0 aromatic heterocycles. The summed E-state index contributed by atoms with van der Waals surface area (Å²) in [6.07, 6.45) is -1.30.